The van der Waals surface area contributed by atoms with Gasteiger partial charge < -0.3 is 18.9 Å². The van der Waals surface area contributed by atoms with E-state index in [0.717, 1.165) is 56.0 Å². The van der Waals surface area contributed by atoms with E-state index in [1.54, 1.807) is 38.5 Å². The number of nitrogens with zero attached hydrogens (tertiary/aromatic N) is 3. The molecule has 1 fully saturated rings. The predicted octanol–water partition coefficient (Wildman–Crippen LogP) is 3.58. The summed E-state index contributed by atoms with van der Waals surface area (Å²) in [5.41, 5.74) is 1.96. The Morgan fingerprint density at radius 3 is 2.36 bits per heavy atom. The SMILES string of the molecule is COc1ccc(CCN2CCC(c3nc(-c4ccc(S(C)(=O)=O)cc4)no3)CC2)cc1OC. The first-order valence-electron chi connectivity index (χ1n) is 10.9. The highest BCUT2D eigenvalue weighted by Crippen LogP contribution is 2.30. The van der Waals surface area contributed by atoms with E-state index in [-0.39, 0.29) is 10.8 Å². The number of likely N-dealkylation sites (tertiary alicyclic amines) is 1. The fraction of sp³-hybridized carbons (Fsp3) is 0.417. The first-order valence-corrected chi connectivity index (χ1v) is 12.8. The van der Waals surface area contributed by atoms with Crippen molar-refractivity contribution in [2.45, 2.75) is 30.1 Å². The average Bonchev–Trinajstić information content (AvgIpc) is 3.33. The zero-order valence-corrected chi connectivity index (χ0v) is 20.0. The van der Waals surface area contributed by atoms with Crippen molar-refractivity contribution < 1.29 is 22.4 Å². The van der Waals surface area contributed by atoms with Crippen LogP contribution < -0.4 is 9.47 Å². The van der Waals surface area contributed by atoms with Crippen molar-refractivity contribution in [3.63, 3.8) is 0 Å². The third kappa shape index (κ3) is 5.54. The highest BCUT2D eigenvalue weighted by Gasteiger charge is 2.25. The van der Waals surface area contributed by atoms with E-state index in [4.69, 9.17) is 14.0 Å². The molecule has 0 amide bonds. The van der Waals surface area contributed by atoms with Gasteiger partial charge in [0, 0.05) is 24.3 Å². The lowest BCUT2D eigenvalue weighted by atomic mass is 9.96. The molecule has 0 radical (unpaired) electrons. The van der Waals surface area contributed by atoms with Crippen LogP contribution in [0.4, 0.5) is 0 Å². The van der Waals surface area contributed by atoms with Crippen molar-refractivity contribution in [1.82, 2.24) is 15.0 Å². The summed E-state index contributed by atoms with van der Waals surface area (Å²) >= 11 is 0. The van der Waals surface area contributed by atoms with Crippen LogP contribution in [0.2, 0.25) is 0 Å². The molecule has 3 aromatic rings. The predicted molar refractivity (Wildman–Crippen MR) is 125 cm³/mol. The summed E-state index contributed by atoms with van der Waals surface area (Å²) in [6.07, 6.45) is 4.05. The van der Waals surface area contributed by atoms with E-state index in [2.05, 4.69) is 21.1 Å². The van der Waals surface area contributed by atoms with Gasteiger partial charge in [-0.25, -0.2) is 8.42 Å². The van der Waals surface area contributed by atoms with Crippen LogP contribution in [0.1, 0.15) is 30.2 Å². The second-order valence-corrected chi connectivity index (χ2v) is 10.3. The van der Waals surface area contributed by atoms with Crippen molar-refractivity contribution in [3.8, 4) is 22.9 Å². The Labute approximate surface area is 194 Å². The van der Waals surface area contributed by atoms with E-state index in [1.165, 1.54) is 11.8 Å². The number of sulfone groups is 1. The van der Waals surface area contributed by atoms with Gasteiger partial charge in [-0.15, -0.1) is 0 Å². The number of aromatic nitrogens is 2. The van der Waals surface area contributed by atoms with Crippen LogP contribution in [0.15, 0.2) is 51.9 Å². The van der Waals surface area contributed by atoms with Crippen molar-refractivity contribution in [1.29, 1.82) is 0 Å². The normalized spacial score (nSPS) is 15.5. The summed E-state index contributed by atoms with van der Waals surface area (Å²) < 4.78 is 39.5. The van der Waals surface area contributed by atoms with E-state index < -0.39 is 9.84 Å². The zero-order valence-electron chi connectivity index (χ0n) is 19.2. The Hall–Kier alpha value is -2.91. The average molecular weight is 472 g/mol. The molecule has 0 unspecified atom stereocenters. The standard InChI is InChI=1S/C24H29N3O5S/c1-30-21-9-4-17(16-22(21)31-2)10-13-27-14-11-19(12-15-27)24-25-23(26-32-24)18-5-7-20(8-6-18)33(3,28)29/h4-9,16,19H,10-15H2,1-3H3. The summed E-state index contributed by atoms with van der Waals surface area (Å²) in [4.78, 5) is 7.30. The van der Waals surface area contributed by atoms with E-state index in [9.17, 15) is 8.42 Å². The van der Waals surface area contributed by atoms with Crippen molar-refractivity contribution >= 4 is 9.84 Å². The number of rotatable bonds is 8. The first kappa shape index (κ1) is 23.3. The molecule has 1 saturated heterocycles. The lowest BCUT2D eigenvalue weighted by Crippen LogP contribution is -2.34. The Kier molecular flexibility index (Phi) is 6.99. The Morgan fingerprint density at radius 2 is 1.73 bits per heavy atom. The maximum Gasteiger partial charge on any atom is 0.230 e. The van der Waals surface area contributed by atoms with Crippen LogP contribution in [0, 0.1) is 0 Å². The van der Waals surface area contributed by atoms with E-state index in [0.29, 0.717) is 11.7 Å². The van der Waals surface area contributed by atoms with Gasteiger partial charge >= 0.3 is 0 Å². The van der Waals surface area contributed by atoms with Crippen molar-refractivity contribution in [2.24, 2.45) is 0 Å². The minimum absolute atomic E-state index is 0.235. The molecule has 176 valence electrons. The molecule has 2 heterocycles. The number of benzene rings is 2. The van der Waals surface area contributed by atoms with Gasteiger partial charge in [-0.05, 0) is 74.3 Å². The van der Waals surface area contributed by atoms with Crippen LogP contribution in [-0.2, 0) is 16.3 Å². The van der Waals surface area contributed by atoms with Gasteiger partial charge in [-0.1, -0.05) is 11.2 Å². The molecule has 9 heteroatoms. The molecule has 8 nitrogen and oxygen atoms in total. The number of hydrogen-bond acceptors (Lipinski definition) is 8. The van der Waals surface area contributed by atoms with Crippen LogP contribution >= 0.6 is 0 Å². The van der Waals surface area contributed by atoms with Gasteiger partial charge in [0.1, 0.15) is 0 Å². The summed E-state index contributed by atoms with van der Waals surface area (Å²) in [6.45, 7) is 2.92. The minimum Gasteiger partial charge on any atom is -0.493 e. The molecular weight excluding hydrogens is 442 g/mol. The Balaban J connectivity index is 1.31. The molecule has 4 rings (SSSR count). The van der Waals surface area contributed by atoms with Gasteiger partial charge in [-0.3, -0.25) is 0 Å². The van der Waals surface area contributed by atoms with Crippen LogP contribution in [0.25, 0.3) is 11.4 Å². The maximum absolute atomic E-state index is 11.6. The number of hydrogen-bond donors (Lipinski definition) is 0. The lowest BCUT2D eigenvalue weighted by molar-refractivity contribution is 0.196. The second-order valence-electron chi connectivity index (χ2n) is 8.31. The highest BCUT2D eigenvalue weighted by molar-refractivity contribution is 7.90. The Morgan fingerprint density at radius 1 is 1.03 bits per heavy atom. The molecule has 0 N–H and O–H groups in total. The van der Waals surface area contributed by atoms with E-state index in [1.807, 2.05) is 12.1 Å². The summed E-state index contributed by atoms with van der Waals surface area (Å²) in [6, 6.07) is 12.6. The smallest absolute Gasteiger partial charge is 0.230 e. The molecule has 0 saturated carbocycles. The fourth-order valence-corrected chi connectivity index (χ4v) is 4.73. The number of piperidine rings is 1. The van der Waals surface area contributed by atoms with Gasteiger partial charge in [0.25, 0.3) is 0 Å². The topological polar surface area (TPSA) is 94.8 Å². The maximum atomic E-state index is 11.6. The number of methoxy groups -OCH3 is 2. The fourth-order valence-electron chi connectivity index (χ4n) is 4.10. The zero-order chi connectivity index (χ0) is 23.4. The van der Waals surface area contributed by atoms with Gasteiger partial charge in [0.15, 0.2) is 21.3 Å². The molecule has 1 aliphatic heterocycles. The molecular formula is C24H29N3O5S. The van der Waals surface area contributed by atoms with Crippen LogP contribution in [0.5, 0.6) is 11.5 Å². The molecule has 0 spiro atoms. The summed E-state index contributed by atoms with van der Waals surface area (Å²) in [5.74, 6) is 2.87. The Bertz CT molecular complexity index is 1180. The van der Waals surface area contributed by atoms with Gasteiger partial charge in [0.2, 0.25) is 11.7 Å². The monoisotopic (exact) mass is 471 g/mol. The molecule has 0 aliphatic carbocycles. The first-order chi connectivity index (χ1) is 15.9. The quantitative estimate of drug-likeness (QED) is 0.492. The van der Waals surface area contributed by atoms with Gasteiger partial charge in [-0.2, -0.15) is 4.98 Å². The summed E-state index contributed by atoms with van der Waals surface area (Å²) in [7, 11) is 0.0652. The highest BCUT2D eigenvalue weighted by atomic mass is 32.2. The third-order valence-corrected chi connectivity index (χ3v) is 7.21. The molecule has 0 bridgehead atoms. The molecule has 33 heavy (non-hydrogen) atoms. The van der Waals surface area contributed by atoms with Crippen molar-refractivity contribution in [3.05, 3.63) is 53.9 Å². The lowest BCUT2D eigenvalue weighted by Gasteiger charge is -2.30. The minimum atomic E-state index is -3.23. The number of ether oxygens (including phenoxy) is 2. The van der Waals surface area contributed by atoms with E-state index >= 15 is 0 Å². The molecule has 1 aliphatic rings. The van der Waals surface area contributed by atoms with Crippen molar-refractivity contribution in [2.75, 3.05) is 40.1 Å². The molecule has 2 aromatic carbocycles. The summed E-state index contributed by atoms with van der Waals surface area (Å²) in [5, 5.41) is 4.11. The second kappa shape index (κ2) is 9.93. The largest absolute Gasteiger partial charge is 0.493 e. The van der Waals surface area contributed by atoms with Gasteiger partial charge in [0.05, 0.1) is 19.1 Å². The van der Waals surface area contributed by atoms with Crippen LogP contribution in [0.3, 0.4) is 0 Å². The molecule has 1 aromatic heterocycles. The third-order valence-electron chi connectivity index (χ3n) is 6.08. The van der Waals surface area contributed by atoms with Crippen LogP contribution in [-0.4, -0.2) is 63.6 Å². The molecule has 0 atom stereocenters.